The number of benzene rings is 2. The van der Waals surface area contributed by atoms with Crippen LogP contribution in [0.1, 0.15) is 47.8 Å². The second kappa shape index (κ2) is 9.44. The second-order valence-corrected chi connectivity index (χ2v) is 9.32. The lowest BCUT2D eigenvalue weighted by Gasteiger charge is -2.41. The molecule has 3 heterocycles. The number of hydrogen-bond donors (Lipinski definition) is 3. The minimum atomic E-state index is -1.38. The summed E-state index contributed by atoms with van der Waals surface area (Å²) in [7, 11) is 1.59. The number of fused-ring (bicyclic) bond motifs is 1. The molecule has 10 nitrogen and oxygen atoms in total. The molecule has 0 amide bonds. The van der Waals surface area contributed by atoms with Crippen LogP contribution in [0.3, 0.4) is 0 Å². The van der Waals surface area contributed by atoms with Gasteiger partial charge >= 0.3 is 5.97 Å². The Labute approximate surface area is 208 Å². The van der Waals surface area contributed by atoms with Gasteiger partial charge in [0.1, 0.15) is 60.1 Å². The number of methoxy groups -OCH3 is 1. The Morgan fingerprint density at radius 2 is 1.67 bits per heavy atom. The summed E-state index contributed by atoms with van der Waals surface area (Å²) in [5.41, 5.74) is 2.52. The van der Waals surface area contributed by atoms with Crippen LogP contribution < -0.4 is 14.2 Å². The van der Waals surface area contributed by atoms with E-state index in [0.29, 0.717) is 40.4 Å². The Morgan fingerprint density at radius 1 is 1.00 bits per heavy atom. The van der Waals surface area contributed by atoms with Gasteiger partial charge in [-0.3, -0.25) is 4.79 Å². The van der Waals surface area contributed by atoms with Crippen LogP contribution in [0.5, 0.6) is 23.0 Å². The summed E-state index contributed by atoms with van der Waals surface area (Å²) in [4.78, 5) is 11.3. The van der Waals surface area contributed by atoms with Crippen molar-refractivity contribution in [3.8, 4) is 23.0 Å². The Bertz CT molecular complexity index is 1150. The largest absolute Gasteiger partial charge is 0.507 e. The molecule has 0 aromatic heterocycles. The Kier molecular flexibility index (Phi) is 6.46. The molecule has 0 unspecified atom stereocenters. The number of ether oxygens (including phenoxy) is 6. The minimum Gasteiger partial charge on any atom is -0.507 e. The lowest BCUT2D eigenvalue weighted by Crippen LogP contribution is -2.60. The summed E-state index contributed by atoms with van der Waals surface area (Å²) >= 11 is 0. The maximum absolute atomic E-state index is 11.3. The van der Waals surface area contributed by atoms with Crippen LogP contribution in [0.25, 0.3) is 0 Å². The summed E-state index contributed by atoms with van der Waals surface area (Å²) in [6, 6.07) is 7.47. The first kappa shape index (κ1) is 24.6. The maximum Gasteiger partial charge on any atom is 0.302 e. The van der Waals surface area contributed by atoms with E-state index in [9.17, 15) is 20.1 Å². The van der Waals surface area contributed by atoms with Crippen molar-refractivity contribution < 1.29 is 48.5 Å². The molecule has 2 aromatic carbocycles. The fourth-order valence-corrected chi connectivity index (χ4v) is 5.04. The summed E-state index contributed by atoms with van der Waals surface area (Å²) in [6.07, 6.45) is -6.55. The van der Waals surface area contributed by atoms with Crippen LogP contribution in [0, 0.1) is 13.8 Å². The van der Waals surface area contributed by atoms with E-state index in [2.05, 4.69) is 0 Å². The number of esters is 1. The number of carbonyl (C=O) groups is 1. The summed E-state index contributed by atoms with van der Waals surface area (Å²) < 4.78 is 35.1. The monoisotopic (exact) mass is 502 g/mol. The molecule has 194 valence electrons. The van der Waals surface area contributed by atoms with Gasteiger partial charge in [-0.05, 0) is 31.5 Å². The lowest BCUT2D eigenvalue weighted by molar-refractivity contribution is -0.292. The van der Waals surface area contributed by atoms with Gasteiger partial charge in [-0.2, -0.15) is 0 Å². The van der Waals surface area contributed by atoms with Crippen molar-refractivity contribution in [2.75, 3.05) is 13.7 Å². The molecule has 1 saturated heterocycles. The number of carbonyl (C=O) groups excluding carboxylic acids is 1. The first-order valence-corrected chi connectivity index (χ1v) is 11.8. The van der Waals surface area contributed by atoms with Gasteiger partial charge in [0.05, 0.1) is 18.8 Å². The third-order valence-electron chi connectivity index (χ3n) is 7.03. The molecule has 5 rings (SSSR count). The average Bonchev–Trinajstić information content (AvgIpc) is 3.04. The van der Waals surface area contributed by atoms with Crippen LogP contribution in [0.2, 0.25) is 0 Å². The first-order chi connectivity index (χ1) is 17.2. The van der Waals surface area contributed by atoms with Gasteiger partial charge in [-0.25, -0.2) is 0 Å². The van der Waals surface area contributed by atoms with Crippen LogP contribution in [0.4, 0.5) is 0 Å². The Balaban J connectivity index is 1.53. The third kappa shape index (κ3) is 4.13. The molecular weight excluding hydrogens is 472 g/mol. The van der Waals surface area contributed by atoms with Gasteiger partial charge in [-0.15, -0.1) is 0 Å². The second-order valence-electron chi connectivity index (χ2n) is 9.32. The predicted molar refractivity (Wildman–Crippen MR) is 124 cm³/mol. The highest BCUT2D eigenvalue weighted by Crippen LogP contribution is 2.55. The van der Waals surface area contributed by atoms with E-state index < -0.39 is 48.9 Å². The van der Waals surface area contributed by atoms with Crippen LogP contribution >= 0.6 is 0 Å². The standard InChI is InChI=1S/C26H30O10/c1-11-20(28)12(2)24-19-17(9-16(33-23(11)19)14-5-7-15(31-4)8-6-14)34-25-22(30)21(29)18(10-32-13(3)27)35-26(25)36-24/h5-8,16-18,21-22,25-26,28-30H,9-10H2,1-4H3/t16-,17-,18+,21+,22-,25+,26-/m0/s1. The summed E-state index contributed by atoms with van der Waals surface area (Å²) in [6.45, 7) is 4.46. The molecule has 10 heteroatoms. The minimum absolute atomic E-state index is 0.0178. The topological polar surface area (TPSA) is 133 Å². The third-order valence-corrected chi connectivity index (χ3v) is 7.03. The fourth-order valence-electron chi connectivity index (χ4n) is 5.04. The van der Waals surface area contributed by atoms with Crippen molar-refractivity contribution >= 4 is 5.97 Å². The summed E-state index contributed by atoms with van der Waals surface area (Å²) in [5.74, 6) is 0.968. The Morgan fingerprint density at radius 3 is 2.31 bits per heavy atom. The van der Waals surface area contributed by atoms with Crippen molar-refractivity contribution in [2.45, 2.75) is 70.1 Å². The van der Waals surface area contributed by atoms with Crippen LogP contribution in [-0.2, 0) is 19.0 Å². The number of rotatable bonds is 4. The fraction of sp³-hybridized carbons (Fsp3) is 0.500. The number of phenols is 1. The normalized spacial score (nSPS) is 30.7. The van der Waals surface area contributed by atoms with E-state index in [4.69, 9.17) is 28.4 Å². The average molecular weight is 503 g/mol. The van der Waals surface area contributed by atoms with E-state index in [1.165, 1.54) is 6.92 Å². The van der Waals surface area contributed by atoms with E-state index in [1.54, 1.807) is 21.0 Å². The van der Waals surface area contributed by atoms with E-state index in [1.807, 2.05) is 24.3 Å². The van der Waals surface area contributed by atoms with Crippen LogP contribution in [0.15, 0.2) is 24.3 Å². The van der Waals surface area contributed by atoms with Crippen LogP contribution in [-0.4, -0.2) is 65.7 Å². The summed E-state index contributed by atoms with van der Waals surface area (Å²) in [5, 5.41) is 32.5. The van der Waals surface area contributed by atoms with Gasteiger partial charge in [0.25, 0.3) is 0 Å². The zero-order valence-electron chi connectivity index (χ0n) is 20.5. The SMILES string of the molecule is COc1ccc([C@@H]2C[C@@H]3O[C@H]4[C@H](Oc5c(C)c(O)c(C)c(c53)O2)O[C@H](COC(C)=O)[C@@H](O)[C@@H]4O)cc1. The van der Waals surface area contributed by atoms with Gasteiger partial charge in [0.2, 0.25) is 6.29 Å². The zero-order chi connectivity index (χ0) is 25.7. The first-order valence-electron chi connectivity index (χ1n) is 11.8. The quantitative estimate of drug-likeness (QED) is 0.535. The van der Waals surface area contributed by atoms with Gasteiger partial charge in [0, 0.05) is 24.5 Å². The number of phenolic OH excluding ortho intramolecular Hbond substituents is 1. The molecule has 7 atom stereocenters. The zero-order valence-corrected chi connectivity index (χ0v) is 20.5. The molecule has 3 N–H and O–H groups in total. The van der Waals surface area contributed by atoms with Gasteiger partial charge < -0.3 is 43.7 Å². The van der Waals surface area contributed by atoms with E-state index >= 15 is 0 Å². The molecule has 1 fully saturated rings. The van der Waals surface area contributed by atoms with E-state index in [0.717, 1.165) is 5.56 Å². The molecular formula is C26H30O10. The molecule has 2 aromatic rings. The van der Waals surface area contributed by atoms with Crippen molar-refractivity contribution in [3.05, 3.63) is 46.5 Å². The lowest BCUT2D eigenvalue weighted by atomic mass is 9.90. The maximum atomic E-state index is 11.3. The van der Waals surface area contributed by atoms with Crippen molar-refractivity contribution in [3.63, 3.8) is 0 Å². The molecule has 3 aliphatic rings. The highest BCUT2D eigenvalue weighted by Gasteiger charge is 2.51. The number of aliphatic hydroxyl groups excluding tert-OH is 2. The number of aromatic hydroxyl groups is 1. The molecule has 0 bridgehead atoms. The van der Waals surface area contributed by atoms with E-state index in [-0.39, 0.29) is 12.4 Å². The molecule has 3 aliphatic heterocycles. The smallest absolute Gasteiger partial charge is 0.302 e. The molecule has 0 spiro atoms. The molecule has 0 saturated carbocycles. The van der Waals surface area contributed by atoms with Crippen molar-refractivity contribution in [2.24, 2.45) is 0 Å². The highest BCUT2D eigenvalue weighted by atomic mass is 16.7. The number of aliphatic hydroxyl groups is 2. The van der Waals surface area contributed by atoms with Crippen molar-refractivity contribution in [1.29, 1.82) is 0 Å². The highest BCUT2D eigenvalue weighted by molar-refractivity contribution is 5.66. The van der Waals surface area contributed by atoms with Gasteiger partial charge in [-0.1, -0.05) is 12.1 Å². The molecule has 0 aliphatic carbocycles. The van der Waals surface area contributed by atoms with Gasteiger partial charge in [0.15, 0.2) is 0 Å². The Hall–Kier alpha value is -3.05. The molecule has 36 heavy (non-hydrogen) atoms. The predicted octanol–water partition coefficient (Wildman–Crippen LogP) is 2.37. The molecule has 0 radical (unpaired) electrons. The van der Waals surface area contributed by atoms with Crippen molar-refractivity contribution in [1.82, 2.24) is 0 Å². The number of hydrogen-bond acceptors (Lipinski definition) is 10.